The summed E-state index contributed by atoms with van der Waals surface area (Å²) in [4.78, 5) is 0. The van der Waals surface area contributed by atoms with Crippen molar-refractivity contribution in [3.05, 3.63) is 200 Å². The standard InChI is InChI=1S/C63H68Cl2/c1-17-41-30-45(61(8,9)10)33-48(41)56-51-32-44-31-50(53-37(4)26-35(2)27-38(53)5)52(62(11,12)13)34-49(44)57(51)59(55(42-18-22-46(64)23-19-42)43-20-24-47(65)25-21-43)60(63(14,15)16)58(56)54-39(6)28-36(3)29-40(54)7/h18-34,41H,17H2,1-16H3. The first-order chi connectivity index (χ1) is 30.4. The first-order valence-electron chi connectivity index (χ1n) is 23.7. The maximum Gasteiger partial charge on any atom is 0.0406 e. The van der Waals surface area contributed by atoms with Gasteiger partial charge in [0.25, 0.3) is 0 Å². The largest absolute Gasteiger partial charge is 0.0843 e. The molecule has 0 amide bonds. The third-order valence-electron chi connectivity index (χ3n) is 13.9. The van der Waals surface area contributed by atoms with Crippen LogP contribution in [0, 0.1) is 63.3 Å². The summed E-state index contributed by atoms with van der Waals surface area (Å²) in [5.41, 5.74) is 24.3. The van der Waals surface area contributed by atoms with E-state index < -0.39 is 0 Å². The molecule has 8 rings (SSSR count). The van der Waals surface area contributed by atoms with E-state index in [1.54, 1.807) is 0 Å². The number of halogens is 2. The van der Waals surface area contributed by atoms with E-state index in [0.29, 0.717) is 0 Å². The summed E-state index contributed by atoms with van der Waals surface area (Å²) in [5, 5.41) is 6.57. The summed E-state index contributed by atoms with van der Waals surface area (Å²) in [6.45, 7) is 37.5. The molecule has 0 radical (unpaired) electrons. The van der Waals surface area contributed by atoms with Crippen LogP contribution in [0.3, 0.4) is 0 Å². The molecule has 0 aromatic heterocycles. The molecule has 1 unspecified atom stereocenters. The third kappa shape index (κ3) is 8.45. The van der Waals surface area contributed by atoms with Crippen molar-refractivity contribution in [2.45, 2.75) is 128 Å². The minimum Gasteiger partial charge on any atom is -0.0843 e. The van der Waals surface area contributed by atoms with Crippen molar-refractivity contribution in [3.8, 4) is 22.3 Å². The van der Waals surface area contributed by atoms with Crippen molar-refractivity contribution in [3.63, 3.8) is 0 Å². The molecule has 0 saturated carbocycles. The predicted molar refractivity (Wildman–Crippen MR) is 284 cm³/mol. The highest BCUT2D eigenvalue weighted by molar-refractivity contribution is 6.31. The smallest absolute Gasteiger partial charge is 0.0406 e. The first-order valence-corrected chi connectivity index (χ1v) is 24.4. The number of allylic oxidation sites excluding steroid dienone is 4. The quantitative estimate of drug-likeness (QED) is 0.156. The molecule has 65 heavy (non-hydrogen) atoms. The van der Waals surface area contributed by atoms with Crippen molar-refractivity contribution in [2.75, 3.05) is 0 Å². The van der Waals surface area contributed by atoms with Crippen LogP contribution in [0.4, 0.5) is 0 Å². The summed E-state index contributed by atoms with van der Waals surface area (Å²) < 4.78 is 0. The van der Waals surface area contributed by atoms with Crippen LogP contribution in [0.1, 0.15) is 142 Å². The number of hydrogen-bond donors (Lipinski definition) is 0. The Morgan fingerprint density at radius 1 is 0.538 bits per heavy atom. The number of fused-ring (bicyclic) bond motifs is 2. The molecule has 0 aliphatic heterocycles. The Kier molecular flexibility index (Phi) is 12.0. The molecule has 0 fully saturated rings. The van der Waals surface area contributed by atoms with Crippen LogP contribution in [-0.4, -0.2) is 0 Å². The molecule has 2 aliphatic carbocycles. The highest BCUT2D eigenvalue weighted by atomic mass is 35.5. The summed E-state index contributed by atoms with van der Waals surface area (Å²) in [6, 6.07) is 31.6. The van der Waals surface area contributed by atoms with Crippen LogP contribution < -0.4 is 10.4 Å². The molecular weight excluding hydrogens is 828 g/mol. The maximum absolute atomic E-state index is 6.72. The normalized spacial score (nSPS) is 14.8. The van der Waals surface area contributed by atoms with Gasteiger partial charge in [0.05, 0.1) is 0 Å². The zero-order valence-electron chi connectivity index (χ0n) is 41.9. The highest BCUT2D eigenvalue weighted by Gasteiger charge is 2.36. The molecule has 0 spiro atoms. The van der Waals surface area contributed by atoms with Gasteiger partial charge in [-0.1, -0.05) is 164 Å². The average molecular weight is 896 g/mol. The minimum atomic E-state index is -0.310. The Morgan fingerprint density at radius 2 is 1.03 bits per heavy atom. The second-order valence-electron chi connectivity index (χ2n) is 22.3. The van der Waals surface area contributed by atoms with Gasteiger partial charge < -0.3 is 0 Å². The predicted octanol–water partition coefficient (Wildman–Crippen LogP) is 16.8. The molecule has 6 aromatic carbocycles. The molecule has 6 aromatic rings. The molecule has 2 aliphatic rings. The molecular formula is C63H68Cl2. The molecule has 0 nitrogen and oxygen atoms in total. The van der Waals surface area contributed by atoms with Gasteiger partial charge in [-0.05, 0) is 222 Å². The summed E-state index contributed by atoms with van der Waals surface area (Å²) in [5.74, 6) is 0.267. The van der Waals surface area contributed by atoms with E-state index in [0.717, 1.165) is 27.6 Å². The first kappa shape index (κ1) is 46.6. The van der Waals surface area contributed by atoms with Gasteiger partial charge in [0.1, 0.15) is 0 Å². The number of rotatable bonds is 6. The SMILES string of the molecule is CCC1C=C(C(C)(C)C)C=C1c1c(-c2c(C)cc(C)cc2C)c(C(C)(C)C)c(=C(c2ccc(Cl)cc2)c2ccc(Cl)cc2)c2c1C=c1cc(-c3c(C)cc(C)cc3C)c(C(C)(C)C)cc1=2. The summed E-state index contributed by atoms with van der Waals surface area (Å²) in [7, 11) is 0. The second kappa shape index (κ2) is 16.8. The lowest BCUT2D eigenvalue weighted by Gasteiger charge is -2.32. The van der Waals surface area contributed by atoms with Gasteiger partial charge in [0, 0.05) is 16.0 Å². The zero-order valence-corrected chi connectivity index (χ0v) is 43.4. The van der Waals surface area contributed by atoms with Crippen molar-refractivity contribution < 1.29 is 0 Å². The lowest BCUT2D eigenvalue weighted by Crippen LogP contribution is -2.30. The number of hydrogen-bond acceptors (Lipinski definition) is 0. The molecule has 334 valence electrons. The fourth-order valence-corrected chi connectivity index (χ4v) is 11.5. The van der Waals surface area contributed by atoms with E-state index in [2.05, 4.69) is 190 Å². The van der Waals surface area contributed by atoms with Gasteiger partial charge in [0.2, 0.25) is 0 Å². The third-order valence-corrected chi connectivity index (χ3v) is 14.4. The van der Waals surface area contributed by atoms with Crippen molar-refractivity contribution in [1.29, 1.82) is 0 Å². The fourth-order valence-electron chi connectivity index (χ4n) is 11.2. The molecule has 2 heteroatoms. The van der Waals surface area contributed by atoms with Gasteiger partial charge in [-0.2, -0.15) is 0 Å². The van der Waals surface area contributed by atoms with Crippen LogP contribution in [0.5, 0.6) is 0 Å². The van der Waals surface area contributed by atoms with Crippen molar-refractivity contribution >= 4 is 40.4 Å². The Labute approximate surface area is 400 Å². The van der Waals surface area contributed by atoms with Crippen LogP contribution in [0.25, 0.3) is 39.5 Å². The monoisotopic (exact) mass is 894 g/mol. The van der Waals surface area contributed by atoms with Gasteiger partial charge in [0.15, 0.2) is 0 Å². The summed E-state index contributed by atoms with van der Waals surface area (Å²) in [6.07, 6.45) is 8.73. The zero-order chi connectivity index (χ0) is 47.2. The van der Waals surface area contributed by atoms with E-state index in [9.17, 15) is 0 Å². The van der Waals surface area contributed by atoms with Crippen LogP contribution in [-0.2, 0) is 10.8 Å². The Hall–Kier alpha value is -4.88. The van der Waals surface area contributed by atoms with Gasteiger partial charge in [-0.15, -0.1) is 0 Å². The van der Waals surface area contributed by atoms with Crippen molar-refractivity contribution in [2.24, 2.45) is 11.3 Å². The van der Waals surface area contributed by atoms with Crippen molar-refractivity contribution in [1.82, 2.24) is 0 Å². The fraction of sp³-hybridized carbons (Fsp3) is 0.333. The Morgan fingerprint density at radius 3 is 1.48 bits per heavy atom. The number of benzene rings is 6. The van der Waals surface area contributed by atoms with E-state index in [1.807, 2.05) is 24.3 Å². The lowest BCUT2D eigenvalue weighted by atomic mass is 9.71. The molecule has 0 bridgehead atoms. The second-order valence-corrected chi connectivity index (χ2v) is 23.2. The topological polar surface area (TPSA) is 0 Å². The van der Waals surface area contributed by atoms with Gasteiger partial charge in [-0.25, -0.2) is 0 Å². The lowest BCUT2D eigenvalue weighted by molar-refractivity contribution is 0.516. The van der Waals surface area contributed by atoms with E-state index in [4.69, 9.17) is 23.2 Å². The summed E-state index contributed by atoms with van der Waals surface area (Å²) >= 11 is 13.4. The van der Waals surface area contributed by atoms with E-state index >= 15 is 0 Å². The minimum absolute atomic E-state index is 0.00193. The van der Waals surface area contributed by atoms with Gasteiger partial charge in [-0.3, -0.25) is 0 Å². The van der Waals surface area contributed by atoms with Crippen LogP contribution >= 0.6 is 23.2 Å². The van der Waals surface area contributed by atoms with E-state index in [-0.39, 0.29) is 22.2 Å². The molecule has 0 N–H and O–H groups in total. The Bertz CT molecular complexity index is 3130. The molecule has 0 heterocycles. The average Bonchev–Trinajstić information content (AvgIpc) is 3.79. The van der Waals surface area contributed by atoms with Crippen LogP contribution in [0.15, 0.2) is 103 Å². The van der Waals surface area contributed by atoms with Gasteiger partial charge >= 0.3 is 0 Å². The Balaban J connectivity index is 1.79. The van der Waals surface area contributed by atoms with Crippen LogP contribution in [0.2, 0.25) is 10.0 Å². The molecule has 1 atom stereocenters. The maximum atomic E-state index is 6.72. The molecule has 0 saturated heterocycles. The van der Waals surface area contributed by atoms with E-state index in [1.165, 1.54) is 115 Å². The number of aryl methyl sites for hydroxylation is 6. The highest BCUT2D eigenvalue weighted by Crippen LogP contribution is 2.50.